The Morgan fingerprint density at radius 2 is 1.67 bits per heavy atom. The molecule has 1 saturated heterocycles. The molecule has 0 N–H and O–H groups in total. The van der Waals surface area contributed by atoms with Crippen LogP contribution in [-0.2, 0) is 16.1 Å². The summed E-state index contributed by atoms with van der Waals surface area (Å²) < 4.78 is 27.5. The Labute approximate surface area is 122 Å². The van der Waals surface area contributed by atoms with E-state index in [0.717, 1.165) is 0 Å². The number of rotatable bonds is 2. The molecule has 2 rings (SSSR count). The summed E-state index contributed by atoms with van der Waals surface area (Å²) in [6.07, 6.45) is 0. The van der Waals surface area contributed by atoms with E-state index in [9.17, 15) is 18.4 Å². The Hall–Kier alpha value is -1.98. The third kappa shape index (κ3) is 2.50. The average Bonchev–Trinajstić information content (AvgIpc) is 2.47. The Morgan fingerprint density at radius 3 is 2.29 bits per heavy atom. The number of carbonyl (C=O) groups excluding carboxylic acids is 2. The fraction of sp³-hybridized carbons (Fsp3) is 0.467. The smallest absolute Gasteiger partial charge is 0.246 e. The van der Waals surface area contributed by atoms with Crippen LogP contribution in [0, 0.1) is 18.6 Å². The number of hydrogen-bond acceptors (Lipinski definition) is 2. The predicted molar refractivity (Wildman–Crippen MR) is 73.3 cm³/mol. The molecule has 6 heteroatoms. The van der Waals surface area contributed by atoms with E-state index in [1.54, 1.807) is 20.9 Å². The van der Waals surface area contributed by atoms with E-state index in [-0.39, 0.29) is 29.5 Å². The van der Waals surface area contributed by atoms with Gasteiger partial charge in [0, 0.05) is 19.2 Å². The topological polar surface area (TPSA) is 40.6 Å². The third-order valence-electron chi connectivity index (χ3n) is 4.09. The summed E-state index contributed by atoms with van der Waals surface area (Å²) in [5.41, 5.74) is 0.279. The van der Waals surface area contributed by atoms with Gasteiger partial charge in [-0.05, 0) is 26.3 Å². The van der Waals surface area contributed by atoms with Gasteiger partial charge in [-0.3, -0.25) is 9.59 Å². The molecule has 0 radical (unpaired) electrons. The van der Waals surface area contributed by atoms with E-state index >= 15 is 0 Å². The molecule has 2 amide bonds. The SMILES string of the molecule is Cc1ccc(CN2C(=O)[C@H](C)N(C)C(=O)[C@@H]2C)c(F)c1F. The van der Waals surface area contributed by atoms with Crippen molar-refractivity contribution in [2.75, 3.05) is 7.05 Å². The van der Waals surface area contributed by atoms with E-state index < -0.39 is 23.7 Å². The lowest BCUT2D eigenvalue weighted by atomic mass is 10.0. The number of piperazine rings is 1. The Bertz CT molecular complexity index is 604. The van der Waals surface area contributed by atoms with Crippen LogP contribution >= 0.6 is 0 Å². The first-order valence-corrected chi connectivity index (χ1v) is 6.76. The zero-order chi connectivity index (χ0) is 15.9. The number of nitrogens with zero attached hydrogens (tertiary/aromatic N) is 2. The molecule has 1 aromatic carbocycles. The van der Waals surface area contributed by atoms with Crippen LogP contribution in [0.5, 0.6) is 0 Å². The lowest BCUT2D eigenvalue weighted by molar-refractivity contribution is -0.159. The molecule has 0 unspecified atom stereocenters. The van der Waals surface area contributed by atoms with Gasteiger partial charge in [0.25, 0.3) is 0 Å². The summed E-state index contributed by atoms with van der Waals surface area (Å²) in [5, 5.41) is 0. The first kappa shape index (κ1) is 15.4. The van der Waals surface area contributed by atoms with Gasteiger partial charge in [-0.25, -0.2) is 8.78 Å². The maximum atomic E-state index is 13.9. The molecule has 1 aliphatic rings. The Balaban J connectivity index is 2.32. The summed E-state index contributed by atoms with van der Waals surface area (Å²) in [4.78, 5) is 27.0. The zero-order valence-corrected chi connectivity index (χ0v) is 12.5. The maximum absolute atomic E-state index is 13.9. The van der Waals surface area contributed by atoms with Crippen molar-refractivity contribution in [3.05, 3.63) is 34.9 Å². The van der Waals surface area contributed by atoms with Gasteiger partial charge in [0.05, 0.1) is 0 Å². The van der Waals surface area contributed by atoms with Gasteiger partial charge in [0.2, 0.25) is 11.8 Å². The molecule has 21 heavy (non-hydrogen) atoms. The van der Waals surface area contributed by atoms with Gasteiger partial charge < -0.3 is 9.80 Å². The summed E-state index contributed by atoms with van der Waals surface area (Å²) in [5.74, 6) is -2.37. The van der Waals surface area contributed by atoms with E-state index in [1.807, 2.05) is 0 Å². The molecule has 1 aliphatic heterocycles. The van der Waals surface area contributed by atoms with Crippen LogP contribution in [0.3, 0.4) is 0 Å². The molecule has 4 nitrogen and oxygen atoms in total. The third-order valence-corrected chi connectivity index (χ3v) is 4.09. The van der Waals surface area contributed by atoms with Crippen molar-refractivity contribution >= 4 is 11.8 Å². The van der Waals surface area contributed by atoms with Crippen LogP contribution in [0.1, 0.15) is 25.0 Å². The zero-order valence-electron chi connectivity index (χ0n) is 12.5. The first-order valence-electron chi connectivity index (χ1n) is 6.76. The lowest BCUT2D eigenvalue weighted by Crippen LogP contribution is -2.61. The number of amides is 2. The molecule has 114 valence electrons. The van der Waals surface area contributed by atoms with Crippen molar-refractivity contribution in [1.82, 2.24) is 9.80 Å². The lowest BCUT2D eigenvalue weighted by Gasteiger charge is -2.41. The number of likely N-dealkylation sites (N-methyl/N-ethyl adjacent to an activating group) is 1. The fourth-order valence-electron chi connectivity index (χ4n) is 2.42. The average molecular weight is 296 g/mol. The van der Waals surface area contributed by atoms with E-state index in [4.69, 9.17) is 0 Å². The number of benzene rings is 1. The molecule has 1 heterocycles. The number of hydrogen-bond donors (Lipinski definition) is 0. The highest BCUT2D eigenvalue weighted by atomic mass is 19.2. The van der Waals surface area contributed by atoms with Crippen LogP contribution in [0.2, 0.25) is 0 Å². The minimum atomic E-state index is -0.964. The number of aryl methyl sites for hydroxylation is 1. The second-order valence-electron chi connectivity index (χ2n) is 5.44. The normalized spacial score (nSPS) is 23.0. The maximum Gasteiger partial charge on any atom is 0.246 e. The Morgan fingerprint density at radius 1 is 1.05 bits per heavy atom. The number of halogens is 2. The summed E-state index contributed by atoms with van der Waals surface area (Å²) in [6, 6.07) is 1.61. The second-order valence-corrected chi connectivity index (χ2v) is 5.44. The highest BCUT2D eigenvalue weighted by Gasteiger charge is 2.40. The van der Waals surface area contributed by atoms with Crippen LogP contribution in [-0.4, -0.2) is 40.7 Å². The van der Waals surface area contributed by atoms with Crippen molar-refractivity contribution in [3.63, 3.8) is 0 Å². The molecule has 0 aromatic heterocycles. The molecule has 2 atom stereocenters. The van der Waals surface area contributed by atoms with Gasteiger partial charge in [0.15, 0.2) is 11.6 Å². The minimum absolute atomic E-state index is 0.0721. The van der Waals surface area contributed by atoms with Gasteiger partial charge in [-0.1, -0.05) is 12.1 Å². The predicted octanol–water partition coefficient (Wildman–Crippen LogP) is 1.85. The molecule has 0 saturated carbocycles. The van der Waals surface area contributed by atoms with Crippen molar-refractivity contribution in [2.45, 2.75) is 39.4 Å². The standard InChI is InChI=1S/C15H18F2N2O2/c1-8-5-6-11(13(17)12(8)16)7-19-10(3)14(20)18(4)9(2)15(19)21/h5-6,9-10H,7H2,1-4H3/t9-,10-/m0/s1. The summed E-state index contributed by atoms with van der Waals surface area (Å²) in [7, 11) is 1.56. The minimum Gasteiger partial charge on any atom is -0.332 e. The molecule has 0 bridgehead atoms. The molecule has 1 aromatic rings. The van der Waals surface area contributed by atoms with Crippen LogP contribution < -0.4 is 0 Å². The molecule has 0 spiro atoms. The van der Waals surface area contributed by atoms with Crippen molar-refractivity contribution in [2.24, 2.45) is 0 Å². The van der Waals surface area contributed by atoms with Crippen molar-refractivity contribution in [1.29, 1.82) is 0 Å². The van der Waals surface area contributed by atoms with Gasteiger partial charge in [-0.2, -0.15) is 0 Å². The fourth-order valence-corrected chi connectivity index (χ4v) is 2.42. The van der Waals surface area contributed by atoms with Crippen LogP contribution in [0.4, 0.5) is 8.78 Å². The quantitative estimate of drug-likeness (QED) is 0.835. The molecular formula is C15H18F2N2O2. The van der Waals surface area contributed by atoms with E-state index in [1.165, 1.54) is 28.9 Å². The second kappa shape index (κ2) is 5.42. The van der Waals surface area contributed by atoms with Crippen molar-refractivity contribution < 1.29 is 18.4 Å². The molecular weight excluding hydrogens is 278 g/mol. The highest BCUT2D eigenvalue weighted by molar-refractivity contribution is 5.96. The summed E-state index contributed by atoms with van der Waals surface area (Å²) >= 11 is 0. The molecule has 1 fully saturated rings. The number of carbonyl (C=O) groups is 2. The largest absolute Gasteiger partial charge is 0.332 e. The van der Waals surface area contributed by atoms with E-state index in [0.29, 0.717) is 0 Å². The monoisotopic (exact) mass is 296 g/mol. The highest BCUT2D eigenvalue weighted by Crippen LogP contribution is 2.22. The summed E-state index contributed by atoms with van der Waals surface area (Å²) in [6.45, 7) is 4.56. The van der Waals surface area contributed by atoms with E-state index in [2.05, 4.69) is 0 Å². The van der Waals surface area contributed by atoms with Crippen LogP contribution in [0.15, 0.2) is 12.1 Å². The van der Waals surface area contributed by atoms with Gasteiger partial charge >= 0.3 is 0 Å². The van der Waals surface area contributed by atoms with Crippen molar-refractivity contribution in [3.8, 4) is 0 Å². The molecule has 0 aliphatic carbocycles. The first-order chi connectivity index (χ1) is 9.75. The van der Waals surface area contributed by atoms with Gasteiger partial charge in [0.1, 0.15) is 12.1 Å². The Kier molecular flexibility index (Phi) is 3.98. The van der Waals surface area contributed by atoms with Gasteiger partial charge in [-0.15, -0.1) is 0 Å². The van der Waals surface area contributed by atoms with Crippen LogP contribution in [0.25, 0.3) is 0 Å².